The summed E-state index contributed by atoms with van der Waals surface area (Å²) >= 11 is 0. The van der Waals surface area contributed by atoms with Crippen molar-refractivity contribution >= 4 is 5.97 Å². The van der Waals surface area contributed by atoms with Crippen molar-refractivity contribution in [3.63, 3.8) is 0 Å². The van der Waals surface area contributed by atoms with Gasteiger partial charge in [-0.3, -0.25) is 0 Å². The molecule has 0 aliphatic rings. The lowest BCUT2D eigenvalue weighted by atomic mass is 10.1. The molecule has 0 bridgehead atoms. The number of esters is 1. The van der Waals surface area contributed by atoms with Crippen molar-refractivity contribution in [3.05, 3.63) is 54.1 Å². The molecule has 0 fully saturated rings. The minimum absolute atomic E-state index is 0.333. The Morgan fingerprint density at radius 1 is 1.00 bits per heavy atom. The highest BCUT2D eigenvalue weighted by Crippen LogP contribution is 2.22. The second kappa shape index (κ2) is 9.86. The van der Waals surface area contributed by atoms with E-state index in [-0.39, 0.29) is 5.97 Å². The van der Waals surface area contributed by atoms with E-state index in [0.717, 1.165) is 29.9 Å². The molecule has 0 aromatic heterocycles. The molecular formula is C22H28O5. The fraction of sp³-hybridized carbons (Fsp3) is 0.409. The van der Waals surface area contributed by atoms with Gasteiger partial charge in [-0.25, -0.2) is 4.79 Å². The van der Waals surface area contributed by atoms with Crippen LogP contribution in [0.1, 0.15) is 32.8 Å². The van der Waals surface area contributed by atoms with Gasteiger partial charge in [0.1, 0.15) is 17.2 Å². The normalized spacial score (nSPS) is 11.0. The van der Waals surface area contributed by atoms with Crippen LogP contribution < -0.4 is 14.2 Å². The van der Waals surface area contributed by atoms with Crippen molar-refractivity contribution in [3.8, 4) is 17.2 Å². The van der Waals surface area contributed by atoms with Gasteiger partial charge < -0.3 is 18.9 Å². The summed E-state index contributed by atoms with van der Waals surface area (Å²) in [6.45, 7) is 6.15. The number of benzene rings is 2. The molecule has 146 valence electrons. The van der Waals surface area contributed by atoms with E-state index in [1.807, 2.05) is 48.5 Å². The van der Waals surface area contributed by atoms with Crippen molar-refractivity contribution in [1.82, 2.24) is 0 Å². The van der Waals surface area contributed by atoms with E-state index in [9.17, 15) is 4.79 Å². The SMILES string of the molecule is CCOC(=O)C(C)(C)Oc1cccc(CCCOc2ccc(OC)cc2)c1. The summed E-state index contributed by atoms with van der Waals surface area (Å²) in [7, 11) is 1.64. The number of hydrogen-bond acceptors (Lipinski definition) is 5. The van der Waals surface area contributed by atoms with Crippen LogP contribution in [0.5, 0.6) is 17.2 Å². The number of methoxy groups -OCH3 is 1. The average molecular weight is 372 g/mol. The van der Waals surface area contributed by atoms with Gasteiger partial charge in [0, 0.05) is 0 Å². The highest BCUT2D eigenvalue weighted by molar-refractivity contribution is 5.79. The van der Waals surface area contributed by atoms with Gasteiger partial charge in [-0.2, -0.15) is 0 Å². The summed E-state index contributed by atoms with van der Waals surface area (Å²) in [4.78, 5) is 12.0. The number of hydrogen-bond donors (Lipinski definition) is 0. The van der Waals surface area contributed by atoms with E-state index >= 15 is 0 Å². The van der Waals surface area contributed by atoms with Crippen LogP contribution in [0.3, 0.4) is 0 Å². The van der Waals surface area contributed by atoms with Crippen LogP contribution in [0, 0.1) is 0 Å². The molecule has 0 heterocycles. The maximum absolute atomic E-state index is 12.0. The summed E-state index contributed by atoms with van der Waals surface area (Å²) in [5, 5.41) is 0. The van der Waals surface area contributed by atoms with Crippen molar-refractivity contribution < 1.29 is 23.7 Å². The van der Waals surface area contributed by atoms with Crippen molar-refractivity contribution in [2.45, 2.75) is 39.2 Å². The van der Waals surface area contributed by atoms with Crippen LogP contribution in [0.25, 0.3) is 0 Å². The maximum atomic E-state index is 12.0. The fourth-order valence-electron chi connectivity index (χ4n) is 2.54. The Morgan fingerprint density at radius 3 is 2.37 bits per heavy atom. The molecule has 0 aliphatic heterocycles. The van der Waals surface area contributed by atoms with E-state index in [1.54, 1.807) is 27.9 Å². The zero-order valence-corrected chi connectivity index (χ0v) is 16.5. The molecule has 0 aliphatic carbocycles. The first-order valence-corrected chi connectivity index (χ1v) is 9.16. The van der Waals surface area contributed by atoms with Gasteiger partial charge in [-0.1, -0.05) is 12.1 Å². The minimum Gasteiger partial charge on any atom is -0.497 e. The second-order valence-electron chi connectivity index (χ2n) is 6.61. The molecule has 0 amide bonds. The van der Waals surface area contributed by atoms with Crippen LogP contribution in [0.15, 0.2) is 48.5 Å². The highest BCUT2D eigenvalue weighted by atomic mass is 16.6. The first kappa shape index (κ1) is 20.6. The van der Waals surface area contributed by atoms with Gasteiger partial charge in [0.2, 0.25) is 0 Å². The molecule has 2 rings (SSSR count). The highest BCUT2D eigenvalue weighted by Gasteiger charge is 2.31. The topological polar surface area (TPSA) is 54.0 Å². The molecule has 0 unspecified atom stereocenters. The third-order valence-corrected chi connectivity index (χ3v) is 3.98. The fourth-order valence-corrected chi connectivity index (χ4v) is 2.54. The van der Waals surface area contributed by atoms with Crippen LogP contribution >= 0.6 is 0 Å². The first-order valence-electron chi connectivity index (χ1n) is 9.16. The lowest BCUT2D eigenvalue weighted by Gasteiger charge is -2.24. The van der Waals surface area contributed by atoms with Gasteiger partial charge in [0.05, 0.1) is 20.3 Å². The van der Waals surface area contributed by atoms with Gasteiger partial charge in [-0.05, 0) is 75.6 Å². The zero-order chi connectivity index (χ0) is 19.7. The molecule has 0 saturated heterocycles. The smallest absolute Gasteiger partial charge is 0.349 e. The summed E-state index contributed by atoms with van der Waals surface area (Å²) < 4.78 is 21.8. The standard InChI is InChI=1S/C22H28O5/c1-5-25-21(23)22(2,3)27-20-10-6-8-17(16-20)9-7-15-26-19-13-11-18(24-4)12-14-19/h6,8,10-14,16H,5,7,9,15H2,1-4H3. The molecule has 27 heavy (non-hydrogen) atoms. The molecule has 2 aromatic rings. The van der Waals surface area contributed by atoms with Gasteiger partial charge >= 0.3 is 5.97 Å². The lowest BCUT2D eigenvalue weighted by Crippen LogP contribution is -2.39. The molecule has 0 radical (unpaired) electrons. The monoisotopic (exact) mass is 372 g/mol. The van der Waals surface area contributed by atoms with E-state index in [4.69, 9.17) is 18.9 Å². The predicted molar refractivity (Wildman–Crippen MR) is 105 cm³/mol. The van der Waals surface area contributed by atoms with Crippen molar-refractivity contribution in [2.24, 2.45) is 0 Å². The predicted octanol–water partition coefficient (Wildman–Crippen LogP) is 4.43. The van der Waals surface area contributed by atoms with E-state index < -0.39 is 5.60 Å². The summed E-state index contributed by atoms with van der Waals surface area (Å²) in [5.41, 5.74) is 0.108. The Morgan fingerprint density at radius 2 is 1.70 bits per heavy atom. The largest absolute Gasteiger partial charge is 0.497 e. The van der Waals surface area contributed by atoms with E-state index in [2.05, 4.69) is 0 Å². The average Bonchev–Trinajstić information content (AvgIpc) is 2.66. The molecule has 5 heteroatoms. The Balaban J connectivity index is 1.83. The minimum atomic E-state index is -1.02. The molecule has 0 saturated carbocycles. The Kier molecular flexibility index (Phi) is 7.53. The van der Waals surface area contributed by atoms with E-state index in [0.29, 0.717) is 19.0 Å². The number of rotatable bonds is 10. The molecule has 0 N–H and O–H groups in total. The number of aryl methyl sites for hydroxylation is 1. The second-order valence-corrected chi connectivity index (χ2v) is 6.61. The first-order chi connectivity index (χ1) is 12.9. The Labute approximate surface area is 161 Å². The zero-order valence-electron chi connectivity index (χ0n) is 16.5. The van der Waals surface area contributed by atoms with Crippen molar-refractivity contribution in [1.29, 1.82) is 0 Å². The summed E-state index contributed by atoms with van der Waals surface area (Å²) in [6, 6.07) is 15.3. The Hall–Kier alpha value is -2.69. The molecule has 2 aromatic carbocycles. The molecule has 0 atom stereocenters. The van der Waals surface area contributed by atoms with Gasteiger partial charge in [-0.15, -0.1) is 0 Å². The number of carbonyl (C=O) groups excluding carboxylic acids is 1. The Bertz CT molecular complexity index is 722. The van der Waals surface area contributed by atoms with Gasteiger partial charge in [0.25, 0.3) is 0 Å². The van der Waals surface area contributed by atoms with Gasteiger partial charge in [0.15, 0.2) is 5.60 Å². The third-order valence-electron chi connectivity index (χ3n) is 3.98. The van der Waals surface area contributed by atoms with Crippen LogP contribution in [0.2, 0.25) is 0 Å². The lowest BCUT2D eigenvalue weighted by molar-refractivity contribution is -0.158. The van der Waals surface area contributed by atoms with Crippen molar-refractivity contribution in [2.75, 3.05) is 20.3 Å². The third kappa shape index (κ3) is 6.51. The summed E-state index contributed by atoms with van der Waals surface area (Å²) in [5.74, 6) is 1.92. The quantitative estimate of drug-likeness (QED) is 0.456. The maximum Gasteiger partial charge on any atom is 0.349 e. The van der Waals surface area contributed by atoms with E-state index in [1.165, 1.54) is 0 Å². The van der Waals surface area contributed by atoms with Crippen LogP contribution in [-0.4, -0.2) is 31.9 Å². The van der Waals surface area contributed by atoms with Crippen LogP contribution in [0.4, 0.5) is 0 Å². The summed E-state index contributed by atoms with van der Waals surface area (Å²) in [6.07, 6.45) is 1.73. The number of ether oxygens (including phenoxy) is 4. The number of carbonyl (C=O) groups is 1. The molecular weight excluding hydrogens is 344 g/mol. The molecule has 5 nitrogen and oxygen atoms in total. The van der Waals surface area contributed by atoms with Crippen LogP contribution in [-0.2, 0) is 16.0 Å². The molecule has 0 spiro atoms.